The van der Waals surface area contributed by atoms with Gasteiger partial charge < -0.3 is 15.0 Å². The van der Waals surface area contributed by atoms with Gasteiger partial charge in [0.25, 0.3) is 0 Å². The van der Waals surface area contributed by atoms with E-state index in [4.69, 9.17) is 0 Å². The number of para-hydroxylation sites is 2. The number of aromatic nitrogens is 2. The van der Waals surface area contributed by atoms with Gasteiger partial charge in [-0.25, -0.2) is 4.98 Å². The minimum absolute atomic E-state index is 0.0693. The number of hydrogen-bond donors (Lipinski definition) is 2. The second kappa shape index (κ2) is 6.48. The summed E-state index contributed by atoms with van der Waals surface area (Å²) in [6, 6.07) is 7.94. The lowest BCUT2D eigenvalue weighted by Crippen LogP contribution is -2.34. The summed E-state index contributed by atoms with van der Waals surface area (Å²) in [6.07, 6.45) is 3.47. The van der Waals surface area contributed by atoms with Crippen LogP contribution < -0.4 is 5.32 Å². The summed E-state index contributed by atoms with van der Waals surface area (Å²) in [5.41, 5.74) is 1.96. The number of amides is 1. The lowest BCUT2D eigenvalue weighted by Gasteiger charge is -2.12. The molecule has 1 unspecified atom stereocenters. The lowest BCUT2D eigenvalue weighted by atomic mass is 10.2. The van der Waals surface area contributed by atoms with Crippen molar-refractivity contribution in [2.45, 2.75) is 51.2 Å². The van der Waals surface area contributed by atoms with Gasteiger partial charge in [0.2, 0.25) is 5.91 Å². The predicted octanol–water partition coefficient (Wildman–Crippen LogP) is 2.19. The van der Waals surface area contributed by atoms with Crippen molar-refractivity contribution in [2.75, 3.05) is 6.54 Å². The second-order valence-corrected chi connectivity index (χ2v) is 6.07. The summed E-state index contributed by atoms with van der Waals surface area (Å²) >= 11 is 0. The fourth-order valence-electron chi connectivity index (χ4n) is 2.78. The third kappa shape index (κ3) is 3.30. The molecule has 1 heterocycles. The highest BCUT2D eigenvalue weighted by Gasteiger charge is 2.30. The summed E-state index contributed by atoms with van der Waals surface area (Å²) in [6.45, 7) is 2.60. The van der Waals surface area contributed by atoms with Crippen LogP contribution in [0.25, 0.3) is 11.0 Å². The van der Waals surface area contributed by atoms with Crippen LogP contribution in [0.4, 0.5) is 0 Å². The van der Waals surface area contributed by atoms with Crippen molar-refractivity contribution in [3.63, 3.8) is 0 Å². The molecule has 0 radical (unpaired) electrons. The fraction of sp³-hybridized carbons (Fsp3) is 0.529. The highest BCUT2D eigenvalue weighted by molar-refractivity contribution is 5.81. The molecule has 1 amide bonds. The Hall–Kier alpha value is -1.88. The monoisotopic (exact) mass is 301 g/mol. The molecule has 3 rings (SSSR count). The number of fused-ring (bicyclic) bond motifs is 1. The van der Waals surface area contributed by atoms with E-state index in [0.29, 0.717) is 18.9 Å². The molecule has 1 aliphatic rings. The van der Waals surface area contributed by atoms with E-state index in [0.717, 1.165) is 36.1 Å². The van der Waals surface area contributed by atoms with E-state index in [2.05, 4.69) is 10.3 Å². The van der Waals surface area contributed by atoms with Gasteiger partial charge in [-0.05, 0) is 31.4 Å². The van der Waals surface area contributed by atoms with Crippen molar-refractivity contribution in [1.29, 1.82) is 0 Å². The molecule has 1 aromatic heterocycles. The first-order chi connectivity index (χ1) is 10.7. The molecule has 0 spiro atoms. The Morgan fingerprint density at radius 2 is 2.23 bits per heavy atom. The lowest BCUT2D eigenvalue weighted by molar-refractivity contribution is -0.122. The molecular weight excluding hydrogens is 278 g/mol. The number of benzene rings is 1. The molecule has 1 aromatic carbocycles. The molecule has 0 saturated heterocycles. The number of nitrogens with one attached hydrogen (secondary N) is 1. The Labute approximate surface area is 130 Å². The van der Waals surface area contributed by atoms with Crippen LogP contribution in [0.1, 0.15) is 44.3 Å². The maximum absolute atomic E-state index is 12.2. The van der Waals surface area contributed by atoms with Gasteiger partial charge in [0.1, 0.15) is 12.4 Å². The number of hydrogen-bond acceptors (Lipinski definition) is 3. The first-order valence-electron chi connectivity index (χ1n) is 8.09. The van der Waals surface area contributed by atoms with Crippen LogP contribution >= 0.6 is 0 Å². The Balaban J connectivity index is 1.72. The van der Waals surface area contributed by atoms with Crippen LogP contribution in [0.15, 0.2) is 24.3 Å². The van der Waals surface area contributed by atoms with Crippen molar-refractivity contribution in [1.82, 2.24) is 14.9 Å². The zero-order valence-corrected chi connectivity index (χ0v) is 13.0. The van der Waals surface area contributed by atoms with Gasteiger partial charge in [0, 0.05) is 12.5 Å². The van der Waals surface area contributed by atoms with Gasteiger partial charge in [-0.1, -0.05) is 25.5 Å². The summed E-state index contributed by atoms with van der Waals surface area (Å²) in [5.74, 6) is 1.44. The zero-order valence-electron chi connectivity index (χ0n) is 13.0. The number of nitrogens with zero attached hydrogens (tertiary/aromatic N) is 2. The largest absolute Gasteiger partial charge is 0.391 e. The third-order valence-corrected chi connectivity index (χ3v) is 4.09. The van der Waals surface area contributed by atoms with Crippen LogP contribution in [0.5, 0.6) is 0 Å². The van der Waals surface area contributed by atoms with E-state index in [1.165, 1.54) is 0 Å². The molecule has 5 nitrogen and oxygen atoms in total. The number of carbonyl (C=O) groups is 1. The number of imidazole rings is 1. The van der Waals surface area contributed by atoms with E-state index in [-0.39, 0.29) is 12.5 Å². The Bertz CT molecular complexity index is 661. The van der Waals surface area contributed by atoms with Gasteiger partial charge in [0.05, 0.1) is 17.1 Å². The topological polar surface area (TPSA) is 67.2 Å². The second-order valence-electron chi connectivity index (χ2n) is 6.07. The normalized spacial score (nSPS) is 15.9. The Kier molecular flexibility index (Phi) is 4.43. The zero-order chi connectivity index (χ0) is 15.5. The first-order valence-corrected chi connectivity index (χ1v) is 8.09. The molecule has 5 heteroatoms. The van der Waals surface area contributed by atoms with Gasteiger partial charge in [-0.15, -0.1) is 0 Å². The molecule has 118 valence electrons. The number of carbonyl (C=O) groups excluding carboxylic acids is 1. The van der Waals surface area contributed by atoms with Crippen LogP contribution in [0.3, 0.4) is 0 Å². The summed E-state index contributed by atoms with van der Waals surface area (Å²) < 4.78 is 2.02. The highest BCUT2D eigenvalue weighted by Crippen LogP contribution is 2.40. The van der Waals surface area contributed by atoms with Crippen molar-refractivity contribution < 1.29 is 9.90 Å². The van der Waals surface area contributed by atoms with Crippen molar-refractivity contribution in [3.05, 3.63) is 30.1 Å². The van der Waals surface area contributed by atoms with Crippen LogP contribution in [0, 0.1) is 0 Å². The molecular formula is C17H23N3O2. The van der Waals surface area contributed by atoms with Gasteiger partial charge >= 0.3 is 0 Å². The summed E-state index contributed by atoms with van der Waals surface area (Å²) in [4.78, 5) is 16.9. The van der Waals surface area contributed by atoms with Crippen LogP contribution in [-0.4, -0.2) is 33.2 Å². The maximum atomic E-state index is 12.2. The summed E-state index contributed by atoms with van der Waals surface area (Å²) in [5, 5.41) is 12.5. The fourth-order valence-corrected chi connectivity index (χ4v) is 2.78. The van der Waals surface area contributed by atoms with Crippen LogP contribution in [-0.2, 0) is 11.3 Å². The van der Waals surface area contributed by atoms with E-state index in [9.17, 15) is 9.90 Å². The minimum atomic E-state index is -0.462. The number of aliphatic hydroxyl groups excluding tert-OH is 1. The minimum Gasteiger partial charge on any atom is -0.391 e. The summed E-state index contributed by atoms with van der Waals surface area (Å²) in [7, 11) is 0. The maximum Gasteiger partial charge on any atom is 0.240 e. The SMILES string of the molecule is CCCC(O)CNC(=O)Cn1c(C2CC2)nc2ccccc21. The van der Waals surface area contributed by atoms with Crippen molar-refractivity contribution in [3.8, 4) is 0 Å². The molecule has 1 atom stereocenters. The average Bonchev–Trinajstić information content (AvgIpc) is 3.29. The van der Waals surface area contributed by atoms with E-state index < -0.39 is 6.10 Å². The predicted molar refractivity (Wildman–Crippen MR) is 85.6 cm³/mol. The molecule has 0 aliphatic heterocycles. The molecule has 0 bridgehead atoms. The smallest absolute Gasteiger partial charge is 0.240 e. The third-order valence-electron chi connectivity index (χ3n) is 4.09. The Morgan fingerprint density at radius 1 is 1.45 bits per heavy atom. The Morgan fingerprint density at radius 3 is 2.95 bits per heavy atom. The van der Waals surface area contributed by atoms with E-state index in [1.807, 2.05) is 35.8 Å². The van der Waals surface area contributed by atoms with E-state index >= 15 is 0 Å². The van der Waals surface area contributed by atoms with E-state index in [1.54, 1.807) is 0 Å². The molecule has 2 N–H and O–H groups in total. The molecule has 1 aliphatic carbocycles. The quantitative estimate of drug-likeness (QED) is 0.824. The molecule has 2 aromatic rings. The standard InChI is InChI=1S/C17H23N3O2/c1-2-5-13(21)10-18-16(22)11-20-15-7-4-3-6-14(15)19-17(20)12-8-9-12/h3-4,6-7,12-13,21H,2,5,8-11H2,1H3,(H,18,22). The van der Waals surface area contributed by atoms with Crippen LogP contribution in [0.2, 0.25) is 0 Å². The first kappa shape index (κ1) is 15.0. The molecule has 1 saturated carbocycles. The highest BCUT2D eigenvalue weighted by atomic mass is 16.3. The van der Waals surface area contributed by atoms with Crippen molar-refractivity contribution >= 4 is 16.9 Å². The number of aliphatic hydroxyl groups is 1. The van der Waals surface area contributed by atoms with Gasteiger partial charge in [-0.3, -0.25) is 4.79 Å². The van der Waals surface area contributed by atoms with Crippen molar-refractivity contribution in [2.24, 2.45) is 0 Å². The number of rotatable bonds is 7. The van der Waals surface area contributed by atoms with Gasteiger partial charge in [-0.2, -0.15) is 0 Å². The average molecular weight is 301 g/mol. The molecule has 22 heavy (non-hydrogen) atoms. The van der Waals surface area contributed by atoms with Gasteiger partial charge in [0.15, 0.2) is 0 Å². The molecule has 1 fully saturated rings.